The van der Waals surface area contributed by atoms with Crippen molar-refractivity contribution in [1.29, 1.82) is 0 Å². The van der Waals surface area contributed by atoms with E-state index in [0.717, 1.165) is 11.1 Å². The largest absolute Gasteiger partial charge is 0.467 e. The Balaban J connectivity index is 1.52. The Morgan fingerprint density at radius 3 is 2.21 bits per heavy atom. The van der Waals surface area contributed by atoms with Crippen LogP contribution in [0.1, 0.15) is 17.9 Å². The quantitative estimate of drug-likeness (QED) is 0.281. The molecule has 3 N–H and O–H groups in total. The van der Waals surface area contributed by atoms with Gasteiger partial charge < -0.3 is 19.2 Å². The Kier molecular flexibility index (Phi) is 8.74. The van der Waals surface area contributed by atoms with E-state index < -0.39 is 28.1 Å². The molecule has 0 spiro atoms. The molecule has 0 aliphatic rings. The van der Waals surface area contributed by atoms with Crippen LogP contribution in [0.25, 0.3) is 22.6 Å². The number of alkyl carbamates (subject to hydrolysis) is 1. The minimum absolute atomic E-state index is 0.0293. The number of hydrogen-bond donors (Lipinski definition) is 2. The maximum absolute atomic E-state index is 12.4. The van der Waals surface area contributed by atoms with Crippen molar-refractivity contribution in [1.82, 2.24) is 10.3 Å². The van der Waals surface area contributed by atoms with Crippen molar-refractivity contribution in [2.24, 2.45) is 5.14 Å². The van der Waals surface area contributed by atoms with Crippen LogP contribution in [0.5, 0.6) is 0 Å². The normalized spacial score (nSPS) is 11.9. The second-order valence-corrected chi connectivity index (χ2v) is 10.1. The van der Waals surface area contributed by atoms with Crippen LogP contribution in [0, 0.1) is 0 Å². The van der Waals surface area contributed by atoms with Crippen LogP contribution in [0.2, 0.25) is 0 Å². The number of amides is 1. The highest BCUT2D eigenvalue weighted by molar-refractivity contribution is 7.89. The summed E-state index contributed by atoms with van der Waals surface area (Å²) in [5.74, 6) is 0.0926. The lowest BCUT2D eigenvalue weighted by Crippen LogP contribution is -2.42. The summed E-state index contributed by atoms with van der Waals surface area (Å²) in [5.41, 5.74) is 2.72. The van der Waals surface area contributed by atoms with Gasteiger partial charge in [-0.05, 0) is 36.2 Å². The number of aryl methyl sites for hydroxylation is 1. The van der Waals surface area contributed by atoms with E-state index in [4.69, 9.17) is 19.0 Å². The van der Waals surface area contributed by atoms with Crippen molar-refractivity contribution in [3.8, 4) is 22.6 Å². The number of nitrogens with two attached hydrogens (primary N) is 1. The Morgan fingerprint density at radius 1 is 0.949 bits per heavy atom. The average Bonchev–Trinajstić information content (AvgIpc) is 3.38. The Labute approximate surface area is 225 Å². The van der Waals surface area contributed by atoms with Gasteiger partial charge in [-0.2, -0.15) is 0 Å². The maximum atomic E-state index is 12.4. The molecule has 0 saturated carbocycles. The lowest BCUT2D eigenvalue weighted by molar-refractivity contribution is -0.143. The van der Waals surface area contributed by atoms with Crippen molar-refractivity contribution in [2.75, 3.05) is 7.11 Å². The fourth-order valence-electron chi connectivity index (χ4n) is 3.82. The number of esters is 1. The molecular formula is C28H27N3O7S. The van der Waals surface area contributed by atoms with Gasteiger partial charge in [0.25, 0.3) is 0 Å². The second kappa shape index (κ2) is 12.4. The molecular weight excluding hydrogens is 522 g/mol. The minimum Gasteiger partial charge on any atom is -0.467 e. The Morgan fingerprint density at radius 2 is 1.59 bits per heavy atom. The van der Waals surface area contributed by atoms with Crippen molar-refractivity contribution in [3.63, 3.8) is 0 Å². The zero-order valence-corrected chi connectivity index (χ0v) is 21.9. The summed E-state index contributed by atoms with van der Waals surface area (Å²) in [6.45, 7) is 0.0499. The van der Waals surface area contributed by atoms with Gasteiger partial charge in [0.15, 0.2) is 11.7 Å². The van der Waals surface area contributed by atoms with Gasteiger partial charge in [-0.1, -0.05) is 60.7 Å². The van der Waals surface area contributed by atoms with Crippen molar-refractivity contribution < 1.29 is 31.9 Å². The number of nitrogens with zero attached hydrogens (tertiary/aromatic N) is 1. The van der Waals surface area contributed by atoms with Crippen LogP contribution in [0.4, 0.5) is 4.79 Å². The summed E-state index contributed by atoms with van der Waals surface area (Å²) in [4.78, 5) is 29.3. The fourth-order valence-corrected chi connectivity index (χ4v) is 4.34. The van der Waals surface area contributed by atoms with Crippen molar-refractivity contribution in [2.45, 2.75) is 30.4 Å². The van der Waals surface area contributed by atoms with Crippen LogP contribution in [-0.4, -0.2) is 38.6 Å². The summed E-state index contributed by atoms with van der Waals surface area (Å²) >= 11 is 0. The number of methoxy groups -OCH3 is 1. The van der Waals surface area contributed by atoms with Gasteiger partial charge in [0, 0.05) is 17.5 Å². The number of hydrogen-bond acceptors (Lipinski definition) is 8. The number of primary sulfonamides is 1. The molecule has 1 aromatic heterocycles. The molecule has 4 aromatic rings. The molecule has 11 heteroatoms. The first-order chi connectivity index (χ1) is 18.7. The zero-order chi connectivity index (χ0) is 27.8. The van der Waals surface area contributed by atoms with E-state index >= 15 is 0 Å². The molecule has 0 bridgehead atoms. The topological polar surface area (TPSA) is 151 Å². The van der Waals surface area contributed by atoms with Gasteiger partial charge >= 0.3 is 12.1 Å². The molecule has 0 aliphatic carbocycles. The monoisotopic (exact) mass is 549 g/mol. The first kappa shape index (κ1) is 27.6. The summed E-state index contributed by atoms with van der Waals surface area (Å²) in [6.07, 6.45) is -0.443. The summed E-state index contributed by atoms with van der Waals surface area (Å²) in [5, 5.41) is 7.76. The number of sulfonamides is 1. The highest BCUT2D eigenvalue weighted by Gasteiger charge is 2.24. The first-order valence-corrected chi connectivity index (χ1v) is 13.5. The third-order valence-electron chi connectivity index (χ3n) is 5.80. The molecule has 0 unspecified atom stereocenters. The molecule has 202 valence electrons. The number of nitrogens with one attached hydrogen (secondary N) is 1. The molecule has 0 aliphatic heterocycles. The molecule has 1 atom stereocenters. The van der Waals surface area contributed by atoms with Gasteiger partial charge in [-0.25, -0.2) is 28.1 Å². The first-order valence-electron chi connectivity index (χ1n) is 12.0. The molecule has 10 nitrogen and oxygen atoms in total. The maximum Gasteiger partial charge on any atom is 0.408 e. The van der Waals surface area contributed by atoms with Crippen LogP contribution in [0.3, 0.4) is 0 Å². The number of aromatic nitrogens is 1. The number of carbonyl (C=O) groups is 2. The highest BCUT2D eigenvalue weighted by atomic mass is 32.2. The fraction of sp³-hybridized carbons (Fsp3) is 0.179. The Bertz CT molecular complexity index is 1520. The smallest absolute Gasteiger partial charge is 0.408 e. The number of rotatable bonds is 10. The zero-order valence-electron chi connectivity index (χ0n) is 21.1. The average molecular weight is 550 g/mol. The van der Waals surface area contributed by atoms with Gasteiger partial charge in [-0.15, -0.1) is 0 Å². The predicted octanol–water partition coefficient (Wildman–Crippen LogP) is 4.06. The highest BCUT2D eigenvalue weighted by Crippen LogP contribution is 2.33. The SMILES string of the molecule is COC(=O)[C@@H](CCc1nc(-c2ccccc2)c(-c2ccc(S(N)(=O)=O)cc2)o1)NC(=O)OCc1ccccc1. The van der Waals surface area contributed by atoms with Gasteiger partial charge in [-0.3, -0.25) is 0 Å². The predicted molar refractivity (Wildman–Crippen MR) is 143 cm³/mol. The van der Waals surface area contributed by atoms with Crippen LogP contribution in [0.15, 0.2) is 94.2 Å². The van der Waals surface area contributed by atoms with Gasteiger partial charge in [0.05, 0.1) is 12.0 Å². The second-order valence-electron chi connectivity index (χ2n) is 8.54. The van der Waals surface area contributed by atoms with Crippen LogP contribution >= 0.6 is 0 Å². The lowest BCUT2D eigenvalue weighted by Gasteiger charge is -2.15. The summed E-state index contributed by atoms with van der Waals surface area (Å²) in [7, 11) is -2.62. The van der Waals surface area contributed by atoms with Crippen LogP contribution < -0.4 is 10.5 Å². The van der Waals surface area contributed by atoms with E-state index in [2.05, 4.69) is 10.3 Å². The van der Waals surface area contributed by atoms with Gasteiger partial charge in [0.1, 0.15) is 18.3 Å². The number of ether oxygens (including phenoxy) is 2. The summed E-state index contributed by atoms with van der Waals surface area (Å²) < 4.78 is 39.5. The van der Waals surface area contributed by atoms with E-state index in [-0.39, 0.29) is 24.3 Å². The standard InChI is InChI=1S/C28H27N3O7S/c1-36-27(32)23(30-28(33)37-18-19-8-4-2-5-9-19)16-17-24-31-25(20-10-6-3-7-11-20)26(38-24)21-12-14-22(15-13-21)39(29,34)35/h2-15,23H,16-18H2,1H3,(H,30,33)(H2,29,34,35)/t23-/m1/s1. The number of carbonyl (C=O) groups excluding carboxylic acids is 2. The molecule has 1 heterocycles. The number of benzene rings is 3. The lowest BCUT2D eigenvalue weighted by atomic mass is 10.1. The number of oxazole rings is 1. The molecule has 0 fully saturated rings. The van der Waals surface area contributed by atoms with E-state index in [1.165, 1.54) is 19.2 Å². The van der Waals surface area contributed by atoms with Gasteiger partial charge in [0.2, 0.25) is 10.0 Å². The molecule has 39 heavy (non-hydrogen) atoms. The van der Waals surface area contributed by atoms with Crippen LogP contribution in [-0.2, 0) is 37.3 Å². The molecule has 3 aromatic carbocycles. The minimum atomic E-state index is -3.85. The van der Waals surface area contributed by atoms with E-state index in [1.54, 1.807) is 12.1 Å². The molecule has 1 amide bonds. The molecule has 0 radical (unpaired) electrons. The van der Waals surface area contributed by atoms with E-state index in [0.29, 0.717) is 22.9 Å². The van der Waals surface area contributed by atoms with E-state index in [9.17, 15) is 18.0 Å². The summed E-state index contributed by atoms with van der Waals surface area (Å²) in [6, 6.07) is 23.4. The molecule has 4 rings (SSSR count). The third-order valence-corrected chi connectivity index (χ3v) is 6.73. The third kappa shape index (κ3) is 7.30. The van der Waals surface area contributed by atoms with Crippen molar-refractivity contribution in [3.05, 3.63) is 96.4 Å². The van der Waals surface area contributed by atoms with Crippen molar-refractivity contribution >= 4 is 22.1 Å². The Hall–Kier alpha value is -4.48. The van der Waals surface area contributed by atoms with E-state index in [1.807, 2.05) is 60.7 Å². The molecule has 0 saturated heterocycles.